The maximum Gasteiger partial charge on any atom is 0.147 e. The Morgan fingerprint density at radius 3 is 3.00 bits per heavy atom. The van der Waals surface area contributed by atoms with Crippen molar-refractivity contribution in [3.05, 3.63) is 30.5 Å². The molecular weight excluding hydrogens is 260 g/mol. The van der Waals surface area contributed by atoms with Gasteiger partial charge in [-0.25, -0.2) is 4.98 Å². The molecule has 0 saturated carbocycles. The Labute approximate surface area is 126 Å². The zero-order valence-electron chi connectivity index (χ0n) is 12.8. The first kappa shape index (κ1) is 14.3. The molecule has 1 aromatic carbocycles. The second-order valence-electron chi connectivity index (χ2n) is 5.88. The van der Waals surface area contributed by atoms with Gasteiger partial charge in [-0.3, -0.25) is 4.98 Å². The highest BCUT2D eigenvalue weighted by Crippen LogP contribution is 2.22. The van der Waals surface area contributed by atoms with Crippen molar-refractivity contribution in [2.24, 2.45) is 5.92 Å². The van der Waals surface area contributed by atoms with E-state index in [0.717, 1.165) is 48.9 Å². The van der Waals surface area contributed by atoms with Crippen LogP contribution < -0.4 is 10.2 Å². The van der Waals surface area contributed by atoms with Crippen LogP contribution in [0.5, 0.6) is 0 Å². The minimum atomic E-state index is 0.721. The van der Waals surface area contributed by atoms with Gasteiger partial charge in [-0.1, -0.05) is 19.1 Å². The number of anilines is 1. The Hall–Kier alpha value is -1.68. The van der Waals surface area contributed by atoms with E-state index in [1.807, 2.05) is 30.5 Å². The van der Waals surface area contributed by atoms with Crippen LogP contribution in [0.3, 0.4) is 0 Å². The van der Waals surface area contributed by atoms with Crippen molar-refractivity contribution in [2.75, 3.05) is 31.1 Å². The smallest absolute Gasteiger partial charge is 0.147 e. The average molecular weight is 284 g/mol. The lowest BCUT2D eigenvalue weighted by Crippen LogP contribution is -2.40. The summed E-state index contributed by atoms with van der Waals surface area (Å²) >= 11 is 0. The standard InChI is InChI=1S/C17H24N4/c1-2-9-18-11-14-6-5-10-21(13-14)17-12-19-15-7-3-4-8-16(15)20-17/h3-4,7-8,12,14,18H,2,5-6,9-11,13H2,1H3. The second kappa shape index (κ2) is 6.85. The monoisotopic (exact) mass is 284 g/mol. The third kappa shape index (κ3) is 3.50. The number of nitrogens with zero attached hydrogens (tertiary/aromatic N) is 3. The largest absolute Gasteiger partial charge is 0.355 e. The summed E-state index contributed by atoms with van der Waals surface area (Å²) in [7, 11) is 0. The lowest BCUT2D eigenvalue weighted by molar-refractivity contribution is 0.391. The van der Waals surface area contributed by atoms with E-state index in [0.29, 0.717) is 0 Å². The Morgan fingerprint density at radius 2 is 2.14 bits per heavy atom. The third-order valence-corrected chi connectivity index (χ3v) is 4.14. The number of para-hydroxylation sites is 2. The van der Waals surface area contributed by atoms with Crippen LogP contribution in [0.4, 0.5) is 5.82 Å². The van der Waals surface area contributed by atoms with Gasteiger partial charge in [0.1, 0.15) is 5.82 Å². The molecule has 1 aliphatic rings. The van der Waals surface area contributed by atoms with Gasteiger partial charge in [0.05, 0.1) is 17.2 Å². The van der Waals surface area contributed by atoms with E-state index < -0.39 is 0 Å². The lowest BCUT2D eigenvalue weighted by atomic mass is 9.98. The maximum absolute atomic E-state index is 4.77. The van der Waals surface area contributed by atoms with Gasteiger partial charge in [0.25, 0.3) is 0 Å². The van der Waals surface area contributed by atoms with Crippen molar-refractivity contribution in [3.8, 4) is 0 Å². The molecule has 0 radical (unpaired) electrons. The normalized spacial score (nSPS) is 19.1. The summed E-state index contributed by atoms with van der Waals surface area (Å²) < 4.78 is 0. The molecule has 1 aliphatic heterocycles. The highest BCUT2D eigenvalue weighted by atomic mass is 15.2. The third-order valence-electron chi connectivity index (χ3n) is 4.14. The molecule has 0 bridgehead atoms. The number of hydrogen-bond donors (Lipinski definition) is 1. The molecule has 4 heteroatoms. The SMILES string of the molecule is CCCNCC1CCCN(c2cnc3ccccc3n2)C1. The van der Waals surface area contributed by atoms with Crippen LogP contribution in [0.15, 0.2) is 30.5 Å². The summed E-state index contributed by atoms with van der Waals surface area (Å²) in [6.07, 6.45) is 5.68. The van der Waals surface area contributed by atoms with E-state index in [2.05, 4.69) is 22.1 Å². The number of fused-ring (bicyclic) bond motifs is 1. The molecule has 4 nitrogen and oxygen atoms in total. The van der Waals surface area contributed by atoms with Gasteiger partial charge in [0, 0.05) is 13.1 Å². The molecule has 0 spiro atoms. The Kier molecular flexibility index (Phi) is 4.65. The van der Waals surface area contributed by atoms with E-state index in [1.165, 1.54) is 19.3 Å². The highest BCUT2D eigenvalue weighted by Gasteiger charge is 2.20. The predicted octanol–water partition coefficient (Wildman–Crippen LogP) is 2.85. The van der Waals surface area contributed by atoms with Gasteiger partial charge in [0.15, 0.2) is 0 Å². The molecule has 2 aromatic rings. The Bertz CT molecular complexity index is 584. The van der Waals surface area contributed by atoms with Crippen molar-refractivity contribution < 1.29 is 0 Å². The molecule has 21 heavy (non-hydrogen) atoms. The highest BCUT2D eigenvalue weighted by molar-refractivity contribution is 5.75. The predicted molar refractivity (Wildman–Crippen MR) is 87.6 cm³/mol. The van der Waals surface area contributed by atoms with Crippen molar-refractivity contribution in [3.63, 3.8) is 0 Å². The van der Waals surface area contributed by atoms with Crippen LogP contribution in [-0.2, 0) is 0 Å². The van der Waals surface area contributed by atoms with Crippen LogP contribution in [0.1, 0.15) is 26.2 Å². The summed E-state index contributed by atoms with van der Waals surface area (Å²) in [4.78, 5) is 11.7. The zero-order valence-corrected chi connectivity index (χ0v) is 12.8. The molecule has 1 atom stereocenters. The number of benzene rings is 1. The van der Waals surface area contributed by atoms with Gasteiger partial charge in [-0.05, 0) is 50.4 Å². The van der Waals surface area contributed by atoms with Crippen LogP contribution in [0.25, 0.3) is 11.0 Å². The van der Waals surface area contributed by atoms with Gasteiger partial charge < -0.3 is 10.2 Å². The Morgan fingerprint density at radius 1 is 1.29 bits per heavy atom. The van der Waals surface area contributed by atoms with Crippen LogP contribution in [0.2, 0.25) is 0 Å². The minimum Gasteiger partial charge on any atom is -0.355 e. The second-order valence-corrected chi connectivity index (χ2v) is 5.88. The number of aromatic nitrogens is 2. The summed E-state index contributed by atoms with van der Waals surface area (Å²) in [6, 6.07) is 8.08. The Balaban J connectivity index is 1.69. The first-order valence-electron chi connectivity index (χ1n) is 8.04. The summed E-state index contributed by atoms with van der Waals surface area (Å²) in [5.41, 5.74) is 1.96. The number of hydrogen-bond acceptors (Lipinski definition) is 4. The number of rotatable bonds is 5. The number of nitrogens with one attached hydrogen (secondary N) is 1. The maximum atomic E-state index is 4.77. The molecule has 0 amide bonds. The van der Waals surface area contributed by atoms with E-state index in [1.54, 1.807) is 0 Å². The molecule has 1 unspecified atom stereocenters. The van der Waals surface area contributed by atoms with Crippen LogP contribution in [0, 0.1) is 5.92 Å². The minimum absolute atomic E-state index is 0.721. The lowest BCUT2D eigenvalue weighted by Gasteiger charge is -2.33. The van der Waals surface area contributed by atoms with E-state index in [-0.39, 0.29) is 0 Å². The molecule has 1 N–H and O–H groups in total. The molecule has 3 rings (SSSR count). The van der Waals surface area contributed by atoms with E-state index >= 15 is 0 Å². The van der Waals surface area contributed by atoms with Gasteiger partial charge >= 0.3 is 0 Å². The summed E-state index contributed by atoms with van der Waals surface area (Å²) in [5, 5.41) is 3.54. The fraction of sp³-hybridized carbons (Fsp3) is 0.529. The van der Waals surface area contributed by atoms with Crippen LogP contribution >= 0.6 is 0 Å². The van der Waals surface area contributed by atoms with E-state index in [4.69, 9.17) is 4.98 Å². The molecule has 1 fully saturated rings. The van der Waals surface area contributed by atoms with Crippen molar-refractivity contribution >= 4 is 16.9 Å². The molecule has 1 aromatic heterocycles. The van der Waals surface area contributed by atoms with Gasteiger partial charge in [-0.15, -0.1) is 0 Å². The first-order chi connectivity index (χ1) is 10.4. The topological polar surface area (TPSA) is 41.0 Å². The zero-order chi connectivity index (χ0) is 14.5. The quantitative estimate of drug-likeness (QED) is 0.857. The van der Waals surface area contributed by atoms with Gasteiger partial charge in [-0.2, -0.15) is 0 Å². The summed E-state index contributed by atoms with van der Waals surface area (Å²) in [6.45, 7) is 6.63. The van der Waals surface area contributed by atoms with Crippen molar-refractivity contribution in [1.82, 2.24) is 15.3 Å². The molecule has 1 saturated heterocycles. The summed E-state index contributed by atoms with van der Waals surface area (Å²) in [5.74, 6) is 1.74. The molecule has 2 heterocycles. The fourth-order valence-corrected chi connectivity index (χ4v) is 3.02. The molecule has 0 aliphatic carbocycles. The van der Waals surface area contributed by atoms with Crippen molar-refractivity contribution in [1.29, 1.82) is 0 Å². The average Bonchev–Trinajstić information content (AvgIpc) is 2.55. The fourth-order valence-electron chi connectivity index (χ4n) is 3.02. The van der Waals surface area contributed by atoms with E-state index in [9.17, 15) is 0 Å². The molecule has 112 valence electrons. The number of piperidine rings is 1. The first-order valence-corrected chi connectivity index (χ1v) is 8.04. The van der Waals surface area contributed by atoms with Crippen molar-refractivity contribution in [2.45, 2.75) is 26.2 Å². The van der Waals surface area contributed by atoms with Gasteiger partial charge in [0.2, 0.25) is 0 Å². The molecular formula is C17H24N4. The van der Waals surface area contributed by atoms with Crippen LogP contribution in [-0.4, -0.2) is 36.1 Å².